The summed E-state index contributed by atoms with van der Waals surface area (Å²) in [6, 6.07) is 10.6. The van der Waals surface area contributed by atoms with Crippen molar-refractivity contribution >= 4 is 11.8 Å². The van der Waals surface area contributed by atoms with Crippen LogP contribution >= 0.6 is 0 Å². The molecule has 0 amide bonds. The molecule has 4 rings (SSSR count). The number of carbonyl (C=O) groups is 2. The maximum absolute atomic E-state index is 12.8. The highest BCUT2D eigenvalue weighted by Gasteiger charge is 2.22. The lowest BCUT2D eigenvalue weighted by Gasteiger charge is -2.19. The summed E-state index contributed by atoms with van der Waals surface area (Å²) in [6.45, 7) is 2.78. The molecule has 0 spiro atoms. The predicted octanol–water partition coefficient (Wildman–Crippen LogP) is 5.19. The van der Waals surface area contributed by atoms with Crippen molar-refractivity contribution in [1.82, 2.24) is 19.7 Å². The van der Waals surface area contributed by atoms with Gasteiger partial charge in [-0.05, 0) is 30.0 Å². The van der Waals surface area contributed by atoms with Crippen LogP contribution in [0.15, 0.2) is 42.6 Å². The SMILES string of the molecule is CCCn1nc(C(=O)CC2CCCCC2)nc1Cc1ccc(-c2ccccc2C(=O)O)nc1. The number of nitrogens with zero attached hydrogens (tertiary/aromatic N) is 4. The van der Waals surface area contributed by atoms with Crippen LogP contribution in [0.2, 0.25) is 0 Å². The van der Waals surface area contributed by atoms with Gasteiger partial charge in [-0.1, -0.05) is 63.3 Å². The Morgan fingerprint density at radius 1 is 1.09 bits per heavy atom. The fourth-order valence-corrected chi connectivity index (χ4v) is 4.52. The molecule has 0 atom stereocenters. The number of carboxylic acid groups (broad SMARTS) is 1. The van der Waals surface area contributed by atoms with Crippen molar-refractivity contribution in [3.05, 3.63) is 65.4 Å². The summed E-state index contributed by atoms with van der Waals surface area (Å²) in [4.78, 5) is 33.4. The monoisotopic (exact) mass is 446 g/mol. The van der Waals surface area contributed by atoms with Gasteiger partial charge in [0.05, 0.1) is 11.3 Å². The van der Waals surface area contributed by atoms with Crippen LogP contribution in [0.3, 0.4) is 0 Å². The number of benzene rings is 1. The number of pyridine rings is 1. The Kier molecular flexibility index (Phi) is 7.27. The molecule has 0 radical (unpaired) electrons. The number of ketones is 1. The molecule has 1 aliphatic carbocycles. The number of carbonyl (C=O) groups excluding carboxylic acids is 1. The van der Waals surface area contributed by atoms with Crippen molar-refractivity contribution in [1.29, 1.82) is 0 Å². The number of rotatable bonds is 9. The van der Waals surface area contributed by atoms with Crippen LogP contribution in [0, 0.1) is 5.92 Å². The summed E-state index contributed by atoms with van der Waals surface area (Å²) in [5.74, 6) is 0.595. The molecule has 0 saturated heterocycles. The lowest BCUT2D eigenvalue weighted by Crippen LogP contribution is -2.13. The maximum atomic E-state index is 12.8. The van der Waals surface area contributed by atoms with Crippen LogP contribution in [0.25, 0.3) is 11.3 Å². The van der Waals surface area contributed by atoms with Crippen LogP contribution in [0.4, 0.5) is 0 Å². The van der Waals surface area contributed by atoms with Crippen LogP contribution in [0.1, 0.15) is 84.2 Å². The minimum absolute atomic E-state index is 0.0387. The van der Waals surface area contributed by atoms with Gasteiger partial charge in [0.15, 0.2) is 0 Å². The van der Waals surface area contributed by atoms with E-state index in [0.717, 1.165) is 30.7 Å². The largest absolute Gasteiger partial charge is 0.478 e. The predicted molar refractivity (Wildman–Crippen MR) is 125 cm³/mol. The lowest BCUT2D eigenvalue weighted by molar-refractivity contribution is 0.0697. The number of carboxylic acids is 1. The standard InChI is InChI=1S/C26H30N4O3/c1-2-14-30-24(28-25(29-30)23(31)15-18-8-4-3-5-9-18)16-19-12-13-22(27-17-19)20-10-6-7-11-21(20)26(32)33/h6-7,10-13,17-18H,2-5,8-9,14-16H2,1H3,(H,32,33). The van der Waals surface area contributed by atoms with E-state index in [1.165, 1.54) is 19.3 Å². The van der Waals surface area contributed by atoms with Crippen molar-refractivity contribution in [2.24, 2.45) is 5.92 Å². The molecule has 2 heterocycles. The number of aromatic carboxylic acids is 1. The first-order valence-corrected chi connectivity index (χ1v) is 11.8. The van der Waals surface area contributed by atoms with Gasteiger partial charge in [0.1, 0.15) is 5.82 Å². The third kappa shape index (κ3) is 5.53. The fourth-order valence-electron chi connectivity index (χ4n) is 4.52. The summed E-state index contributed by atoms with van der Waals surface area (Å²) < 4.78 is 1.84. The molecule has 1 saturated carbocycles. The number of Topliss-reactive ketones (excluding diaryl/α,β-unsaturated/α-hetero) is 1. The highest BCUT2D eigenvalue weighted by atomic mass is 16.4. The van der Waals surface area contributed by atoms with Crippen molar-refractivity contribution in [2.75, 3.05) is 0 Å². The zero-order valence-corrected chi connectivity index (χ0v) is 19.0. The van der Waals surface area contributed by atoms with Gasteiger partial charge >= 0.3 is 5.97 Å². The molecule has 7 nitrogen and oxygen atoms in total. The van der Waals surface area contributed by atoms with E-state index in [1.54, 1.807) is 30.5 Å². The van der Waals surface area contributed by atoms with Crippen molar-refractivity contribution in [3.8, 4) is 11.3 Å². The number of hydrogen-bond donors (Lipinski definition) is 1. The number of aryl methyl sites for hydroxylation is 1. The smallest absolute Gasteiger partial charge is 0.336 e. The zero-order valence-electron chi connectivity index (χ0n) is 19.0. The number of aromatic nitrogens is 4. The van der Waals surface area contributed by atoms with E-state index < -0.39 is 5.97 Å². The van der Waals surface area contributed by atoms with Gasteiger partial charge in [-0.3, -0.25) is 9.78 Å². The molecule has 3 aromatic rings. The summed E-state index contributed by atoms with van der Waals surface area (Å²) >= 11 is 0. The molecule has 1 N–H and O–H groups in total. The molecule has 0 bridgehead atoms. The minimum Gasteiger partial charge on any atom is -0.478 e. The Labute approximate surface area is 193 Å². The Bertz CT molecular complexity index is 1110. The first-order chi connectivity index (χ1) is 16.0. The fraction of sp³-hybridized carbons (Fsp3) is 0.423. The Balaban J connectivity index is 1.51. The molecule has 0 aliphatic heterocycles. The molecule has 1 fully saturated rings. The zero-order chi connectivity index (χ0) is 23.2. The molecule has 0 unspecified atom stereocenters. The maximum Gasteiger partial charge on any atom is 0.336 e. The molecule has 1 aromatic carbocycles. The van der Waals surface area contributed by atoms with Gasteiger partial charge in [0, 0.05) is 31.1 Å². The van der Waals surface area contributed by atoms with E-state index in [9.17, 15) is 14.7 Å². The summed E-state index contributed by atoms with van der Waals surface area (Å²) in [5.41, 5.74) is 2.35. The molecule has 172 valence electrons. The van der Waals surface area contributed by atoms with Gasteiger partial charge in [-0.25, -0.2) is 14.5 Å². The van der Waals surface area contributed by atoms with E-state index >= 15 is 0 Å². The van der Waals surface area contributed by atoms with Crippen LogP contribution in [-0.2, 0) is 13.0 Å². The van der Waals surface area contributed by atoms with E-state index in [2.05, 4.69) is 22.0 Å². The van der Waals surface area contributed by atoms with Crippen molar-refractivity contribution < 1.29 is 14.7 Å². The van der Waals surface area contributed by atoms with Crippen molar-refractivity contribution in [3.63, 3.8) is 0 Å². The highest BCUT2D eigenvalue weighted by Crippen LogP contribution is 2.27. The second-order valence-corrected chi connectivity index (χ2v) is 8.79. The third-order valence-corrected chi connectivity index (χ3v) is 6.25. The van der Waals surface area contributed by atoms with Gasteiger partial charge < -0.3 is 5.11 Å². The van der Waals surface area contributed by atoms with Crippen molar-refractivity contribution in [2.45, 2.75) is 64.8 Å². The second kappa shape index (κ2) is 10.5. The minimum atomic E-state index is -0.977. The summed E-state index contributed by atoms with van der Waals surface area (Å²) in [6.07, 6.45) is 9.62. The molecule has 7 heteroatoms. The first-order valence-electron chi connectivity index (χ1n) is 11.8. The average molecular weight is 447 g/mol. The Morgan fingerprint density at radius 3 is 2.58 bits per heavy atom. The average Bonchev–Trinajstić information content (AvgIpc) is 3.23. The van der Waals surface area contributed by atoms with E-state index in [4.69, 9.17) is 0 Å². The highest BCUT2D eigenvalue weighted by molar-refractivity contribution is 5.95. The summed E-state index contributed by atoms with van der Waals surface area (Å²) in [5, 5.41) is 14.0. The molecule has 2 aromatic heterocycles. The Hall–Kier alpha value is -3.35. The third-order valence-electron chi connectivity index (χ3n) is 6.25. The van der Waals surface area contributed by atoms with Crippen LogP contribution in [0.5, 0.6) is 0 Å². The van der Waals surface area contributed by atoms with E-state index in [0.29, 0.717) is 42.4 Å². The molecule has 33 heavy (non-hydrogen) atoms. The quantitative estimate of drug-likeness (QED) is 0.454. The topological polar surface area (TPSA) is 98.0 Å². The van der Waals surface area contributed by atoms with Gasteiger partial charge in [-0.2, -0.15) is 0 Å². The van der Waals surface area contributed by atoms with E-state index in [-0.39, 0.29) is 11.3 Å². The normalized spacial score (nSPS) is 14.3. The van der Waals surface area contributed by atoms with Gasteiger partial charge in [0.2, 0.25) is 11.6 Å². The summed E-state index contributed by atoms with van der Waals surface area (Å²) in [7, 11) is 0. The van der Waals surface area contributed by atoms with Crippen LogP contribution in [-0.4, -0.2) is 36.6 Å². The van der Waals surface area contributed by atoms with Crippen LogP contribution < -0.4 is 0 Å². The molecular formula is C26H30N4O3. The Morgan fingerprint density at radius 2 is 1.88 bits per heavy atom. The number of hydrogen-bond acceptors (Lipinski definition) is 5. The first kappa shape index (κ1) is 22.8. The van der Waals surface area contributed by atoms with Gasteiger partial charge in [-0.15, -0.1) is 5.10 Å². The molecule has 1 aliphatic rings. The van der Waals surface area contributed by atoms with E-state index in [1.807, 2.05) is 16.8 Å². The second-order valence-electron chi connectivity index (χ2n) is 8.79. The lowest BCUT2D eigenvalue weighted by atomic mass is 9.86. The molecular weight excluding hydrogens is 416 g/mol. The van der Waals surface area contributed by atoms with Gasteiger partial charge in [0.25, 0.3) is 0 Å².